The van der Waals surface area contributed by atoms with E-state index >= 15 is 0 Å². The van der Waals surface area contributed by atoms with Gasteiger partial charge >= 0.3 is 11.9 Å². The van der Waals surface area contributed by atoms with Gasteiger partial charge < -0.3 is 9.47 Å². The molecular formula is C38H28N2O8. The molecular weight excluding hydrogens is 612 g/mol. The molecule has 0 saturated heterocycles. The Kier molecular flexibility index (Phi) is 8.16. The number of hydrogen-bond donors (Lipinski definition) is 0. The van der Waals surface area contributed by atoms with Crippen LogP contribution in [-0.2, 0) is 19.2 Å². The van der Waals surface area contributed by atoms with Gasteiger partial charge in [-0.05, 0) is 112 Å². The number of imide groups is 2. The van der Waals surface area contributed by atoms with Crippen molar-refractivity contribution in [3.8, 4) is 22.6 Å². The Labute approximate surface area is 275 Å². The van der Waals surface area contributed by atoms with E-state index in [-0.39, 0.29) is 34.8 Å². The maximum absolute atomic E-state index is 12.7. The van der Waals surface area contributed by atoms with E-state index in [1.165, 1.54) is 48.5 Å². The third-order valence-corrected chi connectivity index (χ3v) is 8.41. The first-order chi connectivity index (χ1) is 22.9. The highest BCUT2D eigenvalue weighted by molar-refractivity contribution is 6.33. The van der Waals surface area contributed by atoms with Crippen LogP contribution in [-0.4, -0.2) is 35.6 Å². The number of hydrogen-bond acceptors (Lipinski definition) is 8. The summed E-state index contributed by atoms with van der Waals surface area (Å²) in [7, 11) is 0. The third-order valence-electron chi connectivity index (χ3n) is 8.41. The summed E-state index contributed by atoms with van der Waals surface area (Å²) in [6, 6.07) is 25.8. The number of rotatable bonds is 7. The van der Waals surface area contributed by atoms with Crippen LogP contribution in [0.5, 0.6) is 11.5 Å². The van der Waals surface area contributed by atoms with E-state index in [1.54, 1.807) is 76.2 Å². The highest BCUT2D eigenvalue weighted by Crippen LogP contribution is 2.30. The Bertz CT molecular complexity index is 1890. The zero-order valence-corrected chi connectivity index (χ0v) is 26.4. The van der Waals surface area contributed by atoms with Gasteiger partial charge in [-0.2, -0.15) is 0 Å². The van der Waals surface area contributed by atoms with Gasteiger partial charge in [0.05, 0.1) is 22.5 Å². The Balaban J connectivity index is 1.04. The number of carbonyl (C=O) groups excluding carboxylic acids is 6. The first-order valence-corrected chi connectivity index (χ1v) is 14.9. The van der Waals surface area contributed by atoms with Crippen molar-refractivity contribution >= 4 is 46.9 Å². The van der Waals surface area contributed by atoms with Crippen LogP contribution in [0.15, 0.2) is 119 Å². The number of esters is 2. The van der Waals surface area contributed by atoms with Gasteiger partial charge in [0.15, 0.2) is 0 Å². The minimum Gasteiger partial charge on any atom is -0.423 e. The molecule has 10 nitrogen and oxygen atoms in total. The molecule has 10 heteroatoms. The lowest BCUT2D eigenvalue weighted by atomic mass is 10.1. The van der Waals surface area contributed by atoms with Crippen LogP contribution < -0.4 is 19.3 Å². The van der Waals surface area contributed by atoms with Gasteiger partial charge in [0.1, 0.15) is 11.5 Å². The third kappa shape index (κ3) is 5.71. The fraction of sp³-hybridized carbons (Fsp3) is 0.105. The van der Waals surface area contributed by atoms with Gasteiger partial charge in [0, 0.05) is 22.3 Å². The topological polar surface area (TPSA) is 127 Å². The monoisotopic (exact) mass is 640 g/mol. The second-order valence-corrected chi connectivity index (χ2v) is 11.3. The zero-order chi connectivity index (χ0) is 34.3. The highest BCUT2D eigenvalue weighted by atomic mass is 16.5. The number of ether oxygens (including phenoxy) is 2. The molecule has 2 heterocycles. The molecule has 4 aromatic rings. The summed E-state index contributed by atoms with van der Waals surface area (Å²) >= 11 is 0. The first kappa shape index (κ1) is 31.6. The predicted octanol–water partition coefficient (Wildman–Crippen LogP) is 6.21. The Hall–Kier alpha value is -6.42. The molecule has 48 heavy (non-hydrogen) atoms. The van der Waals surface area contributed by atoms with Crippen LogP contribution in [0, 0.1) is 0 Å². The minimum atomic E-state index is -0.597. The van der Waals surface area contributed by atoms with Gasteiger partial charge in [-0.15, -0.1) is 0 Å². The van der Waals surface area contributed by atoms with E-state index in [9.17, 15) is 28.8 Å². The summed E-state index contributed by atoms with van der Waals surface area (Å²) in [5.74, 6) is -2.08. The number of nitrogens with zero attached hydrogens (tertiary/aromatic N) is 2. The molecule has 4 aromatic carbocycles. The van der Waals surface area contributed by atoms with E-state index in [2.05, 4.69) is 0 Å². The lowest BCUT2D eigenvalue weighted by Crippen LogP contribution is -2.31. The lowest BCUT2D eigenvalue weighted by Gasteiger charge is -2.15. The lowest BCUT2D eigenvalue weighted by molar-refractivity contribution is -0.122. The van der Waals surface area contributed by atoms with Gasteiger partial charge in [-0.25, -0.2) is 19.4 Å². The van der Waals surface area contributed by atoms with Crippen molar-refractivity contribution in [2.24, 2.45) is 0 Å². The van der Waals surface area contributed by atoms with Gasteiger partial charge in [-0.1, -0.05) is 24.3 Å². The molecule has 0 spiro atoms. The summed E-state index contributed by atoms with van der Waals surface area (Å²) < 4.78 is 11.0. The normalized spacial score (nSPS) is 14.8. The second kappa shape index (κ2) is 12.4. The van der Waals surface area contributed by atoms with E-state index in [1.807, 2.05) is 0 Å². The smallest absolute Gasteiger partial charge is 0.343 e. The van der Waals surface area contributed by atoms with Crippen LogP contribution in [0.3, 0.4) is 0 Å². The summed E-state index contributed by atoms with van der Waals surface area (Å²) in [6.07, 6.45) is 0. The second-order valence-electron chi connectivity index (χ2n) is 11.3. The maximum atomic E-state index is 12.7. The molecule has 0 atom stereocenters. The van der Waals surface area contributed by atoms with Gasteiger partial charge in [0.25, 0.3) is 23.6 Å². The average molecular weight is 641 g/mol. The molecule has 0 fully saturated rings. The standard InChI is InChI=1S/C38H28N2O8/c1-21-22(2)34(42)39(33(21)41)29-13-5-27(6-14-29)37(45)47-31-17-9-25(10-18-31)26-11-19-32(20-12-26)48-38(46)28-7-15-30(16-8-28)40-35(43)23(3)24(4)36(40)44/h5-20H,1-4H3. The Morgan fingerprint density at radius 1 is 0.417 bits per heavy atom. The Morgan fingerprint density at radius 3 is 0.958 bits per heavy atom. The zero-order valence-electron chi connectivity index (χ0n) is 26.4. The van der Waals surface area contributed by atoms with E-state index in [0.717, 1.165) is 20.9 Å². The maximum Gasteiger partial charge on any atom is 0.343 e. The molecule has 238 valence electrons. The molecule has 4 amide bonds. The molecule has 2 aliphatic rings. The van der Waals surface area contributed by atoms with Crippen LogP contribution in [0.4, 0.5) is 11.4 Å². The van der Waals surface area contributed by atoms with Crippen molar-refractivity contribution in [1.29, 1.82) is 0 Å². The van der Waals surface area contributed by atoms with Crippen molar-refractivity contribution < 1.29 is 38.2 Å². The largest absolute Gasteiger partial charge is 0.423 e. The molecule has 0 bridgehead atoms. The fourth-order valence-electron chi connectivity index (χ4n) is 5.22. The average Bonchev–Trinajstić information content (AvgIpc) is 3.42. The Morgan fingerprint density at radius 2 is 0.688 bits per heavy atom. The number of amides is 4. The molecule has 0 unspecified atom stereocenters. The summed E-state index contributed by atoms with van der Waals surface area (Å²) in [6.45, 7) is 6.42. The van der Waals surface area contributed by atoms with E-state index in [4.69, 9.17) is 9.47 Å². The van der Waals surface area contributed by atoms with E-state index < -0.39 is 11.9 Å². The molecule has 0 saturated carbocycles. The van der Waals surface area contributed by atoms with Crippen molar-refractivity contribution in [1.82, 2.24) is 0 Å². The molecule has 0 aliphatic carbocycles. The SMILES string of the molecule is CC1=C(C)C(=O)N(c2ccc(C(=O)Oc3ccc(-c4ccc(OC(=O)c5ccc(N6C(=O)C(C)=C(C)C6=O)cc5)cc4)cc3)cc2)C1=O. The summed E-state index contributed by atoms with van der Waals surface area (Å²) in [4.78, 5) is 77.3. The number of anilines is 2. The quantitative estimate of drug-likeness (QED) is 0.133. The molecule has 6 rings (SSSR count). The predicted molar refractivity (Wildman–Crippen MR) is 176 cm³/mol. The minimum absolute atomic E-state index is 0.253. The number of carbonyl (C=O) groups is 6. The van der Waals surface area contributed by atoms with Gasteiger partial charge in [-0.3, -0.25) is 19.2 Å². The molecule has 2 aliphatic heterocycles. The highest BCUT2D eigenvalue weighted by Gasteiger charge is 2.35. The van der Waals surface area contributed by atoms with Crippen molar-refractivity contribution in [3.63, 3.8) is 0 Å². The van der Waals surface area contributed by atoms with Crippen molar-refractivity contribution in [2.45, 2.75) is 27.7 Å². The molecule has 0 N–H and O–H groups in total. The first-order valence-electron chi connectivity index (χ1n) is 14.9. The van der Waals surface area contributed by atoms with E-state index in [0.29, 0.717) is 45.2 Å². The summed E-state index contributed by atoms with van der Waals surface area (Å²) in [5.41, 5.74) is 4.49. The van der Waals surface area contributed by atoms with Crippen LogP contribution in [0.1, 0.15) is 48.4 Å². The molecule has 0 radical (unpaired) electrons. The van der Waals surface area contributed by atoms with Crippen LogP contribution in [0.25, 0.3) is 11.1 Å². The van der Waals surface area contributed by atoms with Crippen LogP contribution in [0.2, 0.25) is 0 Å². The molecule has 0 aromatic heterocycles. The van der Waals surface area contributed by atoms with Crippen molar-refractivity contribution in [3.05, 3.63) is 130 Å². The van der Waals surface area contributed by atoms with Crippen LogP contribution >= 0.6 is 0 Å². The van der Waals surface area contributed by atoms with Gasteiger partial charge in [0.2, 0.25) is 0 Å². The number of benzene rings is 4. The van der Waals surface area contributed by atoms with Crippen molar-refractivity contribution in [2.75, 3.05) is 9.80 Å². The summed E-state index contributed by atoms with van der Waals surface area (Å²) in [5, 5.41) is 0. The fourth-order valence-corrected chi connectivity index (χ4v) is 5.22.